The number of nitrogens with zero attached hydrogens (tertiary/aromatic N) is 5. The van der Waals surface area contributed by atoms with Crippen molar-refractivity contribution in [2.45, 2.75) is 31.2 Å². The third-order valence-corrected chi connectivity index (χ3v) is 6.74. The van der Waals surface area contributed by atoms with Gasteiger partial charge in [0.25, 0.3) is 5.56 Å². The number of H-pyrrole nitrogens is 1. The molecule has 4 aromatic rings. The monoisotopic (exact) mass is 398 g/mol. The van der Waals surface area contributed by atoms with Gasteiger partial charge in [0.05, 0.1) is 10.6 Å². The number of aromatic amines is 1. The molecule has 27 heavy (non-hydrogen) atoms. The minimum atomic E-state index is -0.0836. The third-order valence-electron chi connectivity index (χ3n) is 4.50. The number of thioether (sulfide) groups is 1. The van der Waals surface area contributed by atoms with Gasteiger partial charge in [-0.05, 0) is 38.5 Å². The van der Waals surface area contributed by atoms with Crippen LogP contribution in [0.4, 0.5) is 0 Å². The van der Waals surface area contributed by atoms with E-state index in [1.165, 1.54) is 11.8 Å². The minimum absolute atomic E-state index is 0.0713. The summed E-state index contributed by atoms with van der Waals surface area (Å²) >= 11 is 3.07. The zero-order valence-electron chi connectivity index (χ0n) is 15.3. The molecule has 7 nitrogen and oxygen atoms in total. The molecule has 0 aliphatic heterocycles. The SMILES string of the molecule is Cc1sc2nc([C@H](C)Sc3nnc(-c4ccncc4)n3C)[nH]c(=O)c2c1C. The lowest BCUT2D eigenvalue weighted by Gasteiger charge is -2.10. The average Bonchev–Trinajstić information content (AvgIpc) is 3.16. The van der Waals surface area contributed by atoms with Gasteiger partial charge in [-0.2, -0.15) is 0 Å². The Labute approximate surface area is 163 Å². The second kappa shape index (κ2) is 6.90. The summed E-state index contributed by atoms with van der Waals surface area (Å²) in [7, 11) is 1.93. The molecule has 0 aliphatic rings. The maximum atomic E-state index is 12.5. The molecule has 0 amide bonds. The van der Waals surface area contributed by atoms with Gasteiger partial charge in [0.2, 0.25) is 0 Å². The zero-order chi connectivity index (χ0) is 19.1. The zero-order valence-corrected chi connectivity index (χ0v) is 17.0. The van der Waals surface area contributed by atoms with E-state index in [1.54, 1.807) is 23.7 Å². The van der Waals surface area contributed by atoms with E-state index >= 15 is 0 Å². The number of nitrogens with one attached hydrogen (secondary N) is 1. The highest BCUT2D eigenvalue weighted by atomic mass is 32.2. The number of hydrogen-bond acceptors (Lipinski definition) is 7. The second-order valence-corrected chi connectivity index (χ2v) is 8.79. The van der Waals surface area contributed by atoms with Gasteiger partial charge in [0.1, 0.15) is 10.7 Å². The van der Waals surface area contributed by atoms with Crippen LogP contribution < -0.4 is 5.56 Å². The largest absolute Gasteiger partial charge is 0.309 e. The van der Waals surface area contributed by atoms with Crippen LogP contribution in [0.5, 0.6) is 0 Å². The molecule has 0 aliphatic carbocycles. The fourth-order valence-corrected chi connectivity index (χ4v) is 4.76. The van der Waals surface area contributed by atoms with E-state index in [0.29, 0.717) is 11.2 Å². The fraction of sp³-hybridized carbons (Fsp3) is 0.278. The molecule has 0 unspecified atom stereocenters. The Morgan fingerprint density at radius 2 is 1.96 bits per heavy atom. The van der Waals surface area contributed by atoms with Gasteiger partial charge in [-0.1, -0.05) is 11.8 Å². The minimum Gasteiger partial charge on any atom is -0.309 e. The van der Waals surface area contributed by atoms with Crippen molar-refractivity contribution in [3.63, 3.8) is 0 Å². The van der Waals surface area contributed by atoms with Crippen LogP contribution in [0, 0.1) is 13.8 Å². The Balaban J connectivity index is 1.65. The highest BCUT2D eigenvalue weighted by Crippen LogP contribution is 2.34. The van der Waals surface area contributed by atoms with Crippen LogP contribution in [0.3, 0.4) is 0 Å². The summed E-state index contributed by atoms with van der Waals surface area (Å²) in [5.74, 6) is 1.42. The predicted octanol–water partition coefficient (Wildman–Crippen LogP) is 3.65. The van der Waals surface area contributed by atoms with E-state index in [2.05, 4.69) is 25.1 Å². The van der Waals surface area contributed by atoms with Crippen LogP contribution in [-0.4, -0.2) is 29.7 Å². The van der Waals surface area contributed by atoms with E-state index < -0.39 is 0 Å². The fourth-order valence-electron chi connectivity index (χ4n) is 2.85. The summed E-state index contributed by atoms with van der Waals surface area (Å²) in [5.41, 5.74) is 1.88. The van der Waals surface area contributed by atoms with Crippen molar-refractivity contribution in [3.05, 3.63) is 51.1 Å². The smallest absolute Gasteiger partial charge is 0.259 e. The normalized spacial score (nSPS) is 12.6. The molecule has 4 rings (SSSR count). The number of rotatable bonds is 4. The Hall–Kier alpha value is -2.52. The van der Waals surface area contributed by atoms with Crippen LogP contribution in [0.15, 0.2) is 34.5 Å². The lowest BCUT2D eigenvalue weighted by atomic mass is 10.2. The van der Waals surface area contributed by atoms with Crippen LogP contribution in [-0.2, 0) is 7.05 Å². The van der Waals surface area contributed by atoms with Gasteiger partial charge in [0.15, 0.2) is 11.0 Å². The van der Waals surface area contributed by atoms with Crippen molar-refractivity contribution in [2.24, 2.45) is 7.05 Å². The molecular weight excluding hydrogens is 380 g/mol. The number of aryl methyl sites for hydroxylation is 2. The van der Waals surface area contributed by atoms with E-state index in [4.69, 9.17) is 0 Å². The Bertz CT molecular complexity index is 1180. The molecule has 0 radical (unpaired) electrons. The Kier molecular flexibility index (Phi) is 4.56. The number of hydrogen-bond donors (Lipinski definition) is 1. The highest BCUT2D eigenvalue weighted by molar-refractivity contribution is 7.99. The van der Waals surface area contributed by atoms with Crippen LogP contribution in [0.1, 0.15) is 28.4 Å². The van der Waals surface area contributed by atoms with E-state index in [0.717, 1.165) is 31.8 Å². The molecule has 9 heteroatoms. The molecule has 0 bridgehead atoms. The van der Waals surface area contributed by atoms with Crippen molar-refractivity contribution in [1.82, 2.24) is 29.7 Å². The molecule has 1 atom stereocenters. The molecule has 0 aromatic carbocycles. The van der Waals surface area contributed by atoms with Gasteiger partial charge in [-0.3, -0.25) is 9.78 Å². The van der Waals surface area contributed by atoms with Gasteiger partial charge in [0, 0.05) is 29.9 Å². The third kappa shape index (κ3) is 3.17. The quantitative estimate of drug-likeness (QED) is 0.528. The van der Waals surface area contributed by atoms with Crippen molar-refractivity contribution >= 4 is 33.3 Å². The summed E-state index contributed by atoms with van der Waals surface area (Å²) in [6.07, 6.45) is 3.46. The van der Waals surface area contributed by atoms with E-state index in [1.807, 2.05) is 44.5 Å². The molecule has 0 spiro atoms. The second-order valence-electron chi connectivity index (χ2n) is 6.28. The molecular formula is C18H18N6OS2. The first kappa shape index (κ1) is 17.9. The first-order valence-electron chi connectivity index (χ1n) is 8.42. The molecule has 0 saturated heterocycles. The number of pyridine rings is 1. The first-order valence-corrected chi connectivity index (χ1v) is 10.1. The van der Waals surface area contributed by atoms with Gasteiger partial charge in [-0.15, -0.1) is 21.5 Å². The summed E-state index contributed by atoms with van der Waals surface area (Å²) in [4.78, 5) is 26.1. The number of aromatic nitrogens is 6. The van der Waals surface area contributed by atoms with Crippen molar-refractivity contribution < 1.29 is 0 Å². The van der Waals surface area contributed by atoms with Gasteiger partial charge < -0.3 is 9.55 Å². The maximum absolute atomic E-state index is 12.5. The summed E-state index contributed by atoms with van der Waals surface area (Å²) in [6.45, 7) is 5.98. The molecule has 138 valence electrons. The highest BCUT2D eigenvalue weighted by Gasteiger charge is 2.19. The Morgan fingerprint density at radius 1 is 1.22 bits per heavy atom. The Morgan fingerprint density at radius 3 is 2.70 bits per heavy atom. The molecule has 4 aromatic heterocycles. The summed E-state index contributed by atoms with van der Waals surface area (Å²) in [6, 6.07) is 3.80. The lowest BCUT2D eigenvalue weighted by molar-refractivity contribution is 0.786. The van der Waals surface area contributed by atoms with Gasteiger partial charge >= 0.3 is 0 Å². The summed E-state index contributed by atoms with van der Waals surface area (Å²) < 4.78 is 1.94. The van der Waals surface area contributed by atoms with Crippen LogP contribution >= 0.6 is 23.1 Å². The van der Waals surface area contributed by atoms with Crippen molar-refractivity contribution in [1.29, 1.82) is 0 Å². The molecule has 0 fully saturated rings. The van der Waals surface area contributed by atoms with E-state index in [-0.39, 0.29) is 10.8 Å². The van der Waals surface area contributed by atoms with Gasteiger partial charge in [-0.25, -0.2) is 4.98 Å². The standard InChI is InChI=1S/C18H18N6OS2/c1-9-10(2)26-17-13(9)16(25)20-14(21-17)11(3)27-18-23-22-15(24(18)4)12-5-7-19-8-6-12/h5-8,11H,1-4H3,(H,20,21,25)/t11-/m0/s1. The van der Waals surface area contributed by atoms with E-state index in [9.17, 15) is 4.79 Å². The van der Waals surface area contributed by atoms with Crippen molar-refractivity contribution in [2.75, 3.05) is 0 Å². The average molecular weight is 399 g/mol. The summed E-state index contributed by atoms with van der Waals surface area (Å²) in [5, 5.41) is 9.97. The molecule has 4 heterocycles. The first-order chi connectivity index (χ1) is 13.0. The number of fused-ring (bicyclic) bond motifs is 1. The van der Waals surface area contributed by atoms with Crippen molar-refractivity contribution in [3.8, 4) is 11.4 Å². The molecule has 0 saturated carbocycles. The van der Waals surface area contributed by atoms with Crippen LogP contribution in [0.25, 0.3) is 21.6 Å². The lowest BCUT2D eigenvalue weighted by Crippen LogP contribution is -2.12. The maximum Gasteiger partial charge on any atom is 0.259 e. The van der Waals surface area contributed by atoms with Crippen LogP contribution in [0.2, 0.25) is 0 Å². The molecule has 1 N–H and O–H groups in total. The predicted molar refractivity (Wildman–Crippen MR) is 108 cm³/mol. The topological polar surface area (TPSA) is 89.3 Å². The number of thiophene rings is 1.